The lowest BCUT2D eigenvalue weighted by molar-refractivity contribution is -0.384. The summed E-state index contributed by atoms with van der Waals surface area (Å²) < 4.78 is 21.0. The zero-order valence-electron chi connectivity index (χ0n) is 27.7. The maximum Gasteiger partial charge on any atom is 0.410 e. The van der Waals surface area contributed by atoms with Crippen LogP contribution in [0.5, 0.6) is 11.5 Å². The number of nitrogens with zero attached hydrogens (tertiary/aromatic N) is 3. The summed E-state index contributed by atoms with van der Waals surface area (Å²) in [7, 11) is 2.44. The molecule has 49 heavy (non-hydrogen) atoms. The van der Waals surface area contributed by atoms with Gasteiger partial charge in [-0.15, -0.1) is 0 Å². The van der Waals surface area contributed by atoms with Crippen LogP contribution in [-0.2, 0) is 9.47 Å². The van der Waals surface area contributed by atoms with Crippen molar-refractivity contribution in [2.75, 3.05) is 57.6 Å². The minimum absolute atomic E-state index is 0.0258. The molecular formula is C32H38N6O11. The molecular weight excluding hydrogens is 644 g/mol. The Labute approximate surface area is 282 Å². The maximum atomic E-state index is 12.3. The topological polar surface area (TPSA) is 228 Å². The molecule has 2 aromatic rings. The molecule has 17 nitrogen and oxygen atoms in total. The summed E-state index contributed by atoms with van der Waals surface area (Å²) in [6.07, 6.45) is 3.42. The zero-order valence-corrected chi connectivity index (χ0v) is 27.7. The number of amides is 2. The second-order valence-corrected chi connectivity index (χ2v) is 11.6. The van der Waals surface area contributed by atoms with Crippen LogP contribution in [0.4, 0.5) is 27.5 Å². The van der Waals surface area contributed by atoms with Gasteiger partial charge >= 0.3 is 12.1 Å². The molecule has 1 atom stereocenters. The molecule has 0 radical (unpaired) electrons. The highest BCUT2D eigenvalue weighted by Crippen LogP contribution is 2.37. The number of primary amides is 1. The summed E-state index contributed by atoms with van der Waals surface area (Å²) in [5.41, 5.74) is 3.72. The Hall–Kier alpha value is -6.05. The highest BCUT2D eigenvalue weighted by Gasteiger charge is 2.29. The fourth-order valence-electron chi connectivity index (χ4n) is 4.66. The lowest BCUT2D eigenvalue weighted by Gasteiger charge is -2.24. The van der Waals surface area contributed by atoms with E-state index >= 15 is 0 Å². The third-order valence-electron chi connectivity index (χ3n) is 6.89. The molecule has 262 valence electrons. The normalized spacial score (nSPS) is 14.0. The van der Waals surface area contributed by atoms with Crippen molar-refractivity contribution in [1.29, 1.82) is 0 Å². The second kappa shape index (κ2) is 16.7. The predicted molar refractivity (Wildman–Crippen MR) is 178 cm³/mol. The van der Waals surface area contributed by atoms with Crippen molar-refractivity contribution in [3.05, 3.63) is 67.8 Å². The van der Waals surface area contributed by atoms with Gasteiger partial charge in [0.1, 0.15) is 18.0 Å². The average molecular weight is 683 g/mol. The first-order valence-electron chi connectivity index (χ1n) is 14.9. The molecule has 3 rings (SSSR count). The molecule has 0 aromatic heterocycles. The monoisotopic (exact) mass is 682 g/mol. The lowest BCUT2D eigenvalue weighted by Crippen LogP contribution is -2.35. The number of carbonyl (C=O) groups excluding carboxylic acids is 3. The zero-order chi connectivity index (χ0) is 36.3. The summed E-state index contributed by atoms with van der Waals surface area (Å²) in [4.78, 5) is 60.0. The molecule has 2 amide bonds. The van der Waals surface area contributed by atoms with Crippen molar-refractivity contribution in [2.24, 2.45) is 11.7 Å². The number of benzene rings is 2. The molecule has 1 aliphatic rings. The SMILES string of the molecule is COC(=O)c1cc(OC)c(NC/C=C/CNc2c(OCC#CC3CCN(C(=O)OC(C)(C)C)C3)cc(C(N)=O)cc2[N+](=O)[O-])c([N+](=O)[O-])c1. The highest BCUT2D eigenvalue weighted by molar-refractivity contribution is 5.96. The van der Waals surface area contributed by atoms with Gasteiger partial charge in [-0.3, -0.25) is 25.0 Å². The summed E-state index contributed by atoms with van der Waals surface area (Å²) in [6, 6.07) is 4.67. The van der Waals surface area contributed by atoms with Gasteiger partial charge in [0, 0.05) is 49.8 Å². The van der Waals surface area contributed by atoms with Gasteiger partial charge in [-0.25, -0.2) is 9.59 Å². The number of carbonyl (C=O) groups is 3. The summed E-state index contributed by atoms with van der Waals surface area (Å²) in [5.74, 6) is 4.14. The molecule has 0 spiro atoms. The van der Waals surface area contributed by atoms with Gasteiger partial charge in [0.25, 0.3) is 11.4 Å². The maximum absolute atomic E-state index is 12.3. The summed E-state index contributed by atoms with van der Waals surface area (Å²) in [5, 5.41) is 29.4. The van der Waals surface area contributed by atoms with Crippen LogP contribution < -0.4 is 25.8 Å². The molecule has 1 unspecified atom stereocenters. The Balaban J connectivity index is 1.70. The van der Waals surface area contributed by atoms with Crippen LogP contribution in [0, 0.1) is 38.0 Å². The molecule has 1 fully saturated rings. The first-order valence-corrected chi connectivity index (χ1v) is 14.9. The van der Waals surface area contributed by atoms with Crippen molar-refractivity contribution in [1.82, 2.24) is 4.90 Å². The van der Waals surface area contributed by atoms with E-state index in [1.165, 1.54) is 19.2 Å². The number of rotatable bonds is 13. The largest absolute Gasteiger partial charge is 0.494 e. The van der Waals surface area contributed by atoms with Gasteiger partial charge < -0.3 is 40.2 Å². The molecule has 17 heteroatoms. The number of hydrogen-bond acceptors (Lipinski definition) is 13. The number of anilines is 2. The van der Waals surface area contributed by atoms with Gasteiger partial charge in [-0.2, -0.15) is 0 Å². The molecule has 0 aliphatic carbocycles. The highest BCUT2D eigenvalue weighted by atomic mass is 16.6. The van der Waals surface area contributed by atoms with Crippen LogP contribution in [0.2, 0.25) is 0 Å². The first-order chi connectivity index (χ1) is 23.1. The number of nitrogens with one attached hydrogen (secondary N) is 2. The Morgan fingerprint density at radius 1 is 0.980 bits per heavy atom. The van der Waals surface area contributed by atoms with Crippen LogP contribution >= 0.6 is 0 Å². The second-order valence-electron chi connectivity index (χ2n) is 11.6. The van der Waals surface area contributed by atoms with Crippen LogP contribution in [0.1, 0.15) is 47.9 Å². The van der Waals surface area contributed by atoms with E-state index in [9.17, 15) is 34.6 Å². The molecule has 0 saturated carbocycles. The Morgan fingerprint density at radius 2 is 1.55 bits per heavy atom. The smallest absolute Gasteiger partial charge is 0.410 e. The third kappa shape index (κ3) is 10.5. The van der Waals surface area contributed by atoms with Gasteiger partial charge in [-0.05, 0) is 39.3 Å². The molecule has 1 saturated heterocycles. The van der Waals surface area contributed by atoms with Crippen LogP contribution in [0.3, 0.4) is 0 Å². The first kappa shape index (κ1) is 37.4. The Kier molecular flexibility index (Phi) is 12.7. The third-order valence-corrected chi connectivity index (χ3v) is 6.89. The summed E-state index contributed by atoms with van der Waals surface area (Å²) >= 11 is 0. The Morgan fingerprint density at radius 3 is 2.08 bits per heavy atom. The number of nitro groups is 2. The van der Waals surface area contributed by atoms with Crippen molar-refractivity contribution in [3.8, 4) is 23.3 Å². The molecule has 2 aromatic carbocycles. The predicted octanol–water partition coefficient (Wildman–Crippen LogP) is 4.12. The number of nitro benzene ring substituents is 2. The van der Waals surface area contributed by atoms with Crippen molar-refractivity contribution in [3.63, 3.8) is 0 Å². The van der Waals surface area contributed by atoms with E-state index in [4.69, 9.17) is 19.9 Å². The number of methoxy groups -OCH3 is 2. The van der Waals surface area contributed by atoms with Crippen LogP contribution in [-0.4, -0.2) is 85.3 Å². The van der Waals surface area contributed by atoms with Gasteiger partial charge in [0.2, 0.25) is 5.91 Å². The average Bonchev–Trinajstić information content (AvgIpc) is 3.52. The van der Waals surface area contributed by atoms with Crippen molar-refractivity contribution in [2.45, 2.75) is 32.8 Å². The van der Waals surface area contributed by atoms with E-state index in [2.05, 4.69) is 27.2 Å². The van der Waals surface area contributed by atoms with Gasteiger partial charge in [0.05, 0.1) is 29.6 Å². The van der Waals surface area contributed by atoms with E-state index in [1.54, 1.807) is 37.8 Å². The fraction of sp³-hybridized carbons (Fsp3) is 0.406. The molecule has 1 aliphatic heterocycles. The van der Waals surface area contributed by atoms with E-state index in [1.807, 2.05) is 0 Å². The number of likely N-dealkylation sites (tertiary alicyclic amines) is 1. The van der Waals surface area contributed by atoms with Crippen LogP contribution in [0.25, 0.3) is 0 Å². The molecule has 0 bridgehead atoms. The number of ether oxygens (including phenoxy) is 4. The number of hydrogen-bond donors (Lipinski definition) is 3. The fourth-order valence-corrected chi connectivity index (χ4v) is 4.66. The van der Waals surface area contributed by atoms with E-state index in [0.717, 1.165) is 19.2 Å². The Bertz CT molecular complexity index is 1690. The standard InChI is InChI=1S/C32H38N6O11/c1-32(2,3)49-31(41)36-13-10-20(19-36)9-8-14-48-26-17-21(29(33)39)15-23(37(42)43)28(26)35-12-7-6-11-34-27-24(38(44)45)16-22(30(40)47-5)18-25(27)46-4/h6-7,15-18,20,34-35H,10-14,19H2,1-5H3,(H2,33,39)/b7-6+. The minimum atomic E-state index is -0.895. The lowest BCUT2D eigenvalue weighted by atomic mass is 10.1. The van der Waals surface area contributed by atoms with Gasteiger partial charge in [0.15, 0.2) is 17.1 Å². The van der Waals surface area contributed by atoms with Gasteiger partial charge in [-0.1, -0.05) is 24.0 Å². The summed E-state index contributed by atoms with van der Waals surface area (Å²) in [6.45, 7) is 6.18. The molecule has 1 heterocycles. The van der Waals surface area contributed by atoms with Crippen LogP contribution in [0.15, 0.2) is 36.4 Å². The minimum Gasteiger partial charge on any atom is -0.494 e. The quantitative estimate of drug-likeness (QED) is 0.0889. The molecule has 4 N–H and O–H groups in total. The van der Waals surface area contributed by atoms with E-state index in [0.29, 0.717) is 19.5 Å². The number of esters is 1. The van der Waals surface area contributed by atoms with E-state index < -0.39 is 44.8 Å². The number of nitrogens with two attached hydrogens (primary N) is 1. The van der Waals surface area contributed by atoms with Crippen molar-refractivity contribution < 1.29 is 43.2 Å². The van der Waals surface area contributed by atoms with E-state index in [-0.39, 0.29) is 59.6 Å². The van der Waals surface area contributed by atoms with Crippen molar-refractivity contribution >= 4 is 40.7 Å².